The van der Waals surface area contributed by atoms with E-state index in [0.29, 0.717) is 38.1 Å². The monoisotopic (exact) mass is 514 g/mol. The summed E-state index contributed by atoms with van der Waals surface area (Å²) in [5, 5.41) is 3.45. The highest BCUT2D eigenvalue weighted by molar-refractivity contribution is 5.77. The van der Waals surface area contributed by atoms with Crippen molar-refractivity contribution in [1.82, 2.24) is 10.2 Å². The van der Waals surface area contributed by atoms with Crippen molar-refractivity contribution in [2.24, 2.45) is 0 Å². The molecule has 3 atom stereocenters. The van der Waals surface area contributed by atoms with Crippen LogP contribution in [0, 0.1) is 0 Å². The Balaban J connectivity index is 1.58. The lowest BCUT2D eigenvalue weighted by molar-refractivity contribution is -0.143. The van der Waals surface area contributed by atoms with Crippen LogP contribution in [0.2, 0.25) is 0 Å². The van der Waals surface area contributed by atoms with E-state index in [-0.39, 0.29) is 30.2 Å². The molecule has 2 heterocycles. The van der Waals surface area contributed by atoms with E-state index in [4.69, 9.17) is 4.74 Å². The van der Waals surface area contributed by atoms with Gasteiger partial charge < -0.3 is 15.0 Å². The lowest BCUT2D eigenvalue weighted by Gasteiger charge is -2.35. The van der Waals surface area contributed by atoms with E-state index in [0.717, 1.165) is 18.4 Å². The first kappa shape index (κ1) is 26.5. The summed E-state index contributed by atoms with van der Waals surface area (Å²) in [6.45, 7) is 2.63. The average molecular weight is 515 g/mol. The molecule has 0 unspecified atom stereocenters. The van der Waals surface area contributed by atoms with E-state index < -0.39 is 35.1 Å². The summed E-state index contributed by atoms with van der Waals surface area (Å²) in [4.78, 5) is 14.4. The summed E-state index contributed by atoms with van der Waals surface area (Å²) < 4.78 is 85.9. The summed E-state index contributed by atoms with van der Waals surface area (Å²) in [6, 6.07) is 10.8. The number of nitrogens with zero attached hydrogens (tertiary/aromatic N) is 1. The Morgan fingerprint density at radius 2 is 1.67 bits per heavy atom. The van der Waals surface area contributed by atoms with Crippen molar-refractivity contribution < 1.29 is 35.9 Å². The molecule has 0 saturated carbocycles. The Kier molecular flexibility index (Phi) is 7.39. The van der Waals surface area contributed by atoms with E-state index in [9.17, 15) is 31.1 Å². The van der Waals surface area contributed by atoms with Gasteiger partial charge in [0.05, 0.1) is 29.4 Å². The number of halogens is 6. The zero-order valence-corrected chi connectivity index (χ0v) is 19.8. The van der Waals surface area contributed by atoms with Gasteiger partial charge >= 0.3 is 12.4 Å². The predicted octanol–water partition coefficient (Wildman–Crippen LogP) is 6.07. The quantitative estimate of drug-likeness (QED) is 0.476. The van der Waals surface area contributed by atoms with Crippen molar-refractivity contribution in [1.29, 1.82) is 0 Å². The molecule has 196 valence electrons. The maximum absolute atomic E-state index is 13.3. The first-order chi connectivity index (χ1) is 16.9. The highest BCUT2D eigenvalue weighted by Gasteiger charge is 2.44. The highest BCUT2D eigenvalue weighted by Crippen LogP contribution is 2.39. The third kappa shape index (κ3) is 5.70. The topological polar surface area (TPSA) is 41.6 Å². The molecular formula is C26H28F6N2O2. The Bertz CT molecular complexity index is 1040. The molecule has 2 aliphatic rings. The van der Waals surface area contributed by atoms with Crippen LogP contribution in [0.1, 0.15) is 61.0 Å². The van der Waals surface area contributed by atoms with Gasteiger partial charge in [0, 0.05) is 25.6 Å². The van der Waals surface area contributed by atoms with Gasteiger partial charge in [-0.3, -0.25) is 4.79 Å². The maximum Gasteiger partial charge on any atom is 0.416 e. The SMILES string of the molecule is C[C@@H](OC[C@@]1(c2ccccc2)C[C@H](N2CCCCC2=O)CN1)c1cc(C(F)(F)F)cc(C(F)(F)F)c1. The largest absolute Gasteiger partial charge is 0.416 e. The summed E-state index contributed by atoms with van der Waals surface area (Å²) >= 11 is 0. The zero-order valence-electron chi connectivity index (χ0n) is 19.8. The summed E-state index contributed by atoms with van der Waals surface area (Å²) in [5.74, 6) is 0.0924. The molecular weight excluding hydrogens is 486 g/mol. The van der Waals surface area contributed by atoms with Crippen LogP contribution in [-0.2, 0) is 27.4 Å². The molecule has 2 fully saturated rings. The van der Waals surface area contributed by atoms with Crippen LogP contribution in [0.15, 0.2) is 48.5 Å². The van der Waals surface area contributed by atoms with E-state index in [1.165, 1.54) is 6.92 Å². The fourth-order valence-electron chi connectivity index (χ4n) is 5.04. The molecule has 0 bridgehead atoms. The van der Waals surface area contributed by atoms with Gasteiger partial charge in [-0.25, -0.2) is 0 Å². The number of nitrogens with one attached hydrogen (secondary N) is 1. The van der Waals surface area contributed by atoms with Crippen LogP contribution in [0.5, 0.6) is 0 Å². The lowest BCUT2D eigenvalue weighted by atomic mass is 9.87. The minimum Gasteiger partial charge on any atom is -0.372 e. The lowest BCUT2D eigenvalue weighted by Crippen LogP contribution is -2.44. The number of ether oxygens (including phenoxy) is 1. The van der Waals surface area contributed by atoms with Gasteiger partial charge in [-0.1, -0.05) is 30.3 Å². The number of benzene rings is 2. The third-order valence-corrected chi connectivity index (χ3v) is 7.05. The number of rotatable bonds is 6. The third-order valence-electron chi connectivity index (χ3n) is 7.05. The van der Waals surface area contributed by atoms with Crippen LogP contribution < -0.4 is 5.32 Å². The highest BCUT2D eigenvalue weighted by atomic mass is 19.4. The van der Waals surface area contributed by atoms with Gasteiger partial charge in [0.15, 0.2) is 0 Å². The molecule has 1 amide bonds. The van der Waals surface area contributed by atoms with E-state index in [1.807, 2.05) is 35.2 Å². The first-order valence-electron chi connectivity index (χ1n) is 11.9. The van der Waals surface area contributed by atoms with Gasteiger partial charge in [0.1, 0.15) is 0 Å². The molecule has 4 nitrogen and oxygen atoms in total. The molecule has 2 saturated heterocycles. The number of likely N-dealkylation sites (tertiary alicyclic amines) is 1. The molecule has 2 aromatic carbocycles. The molecule has 4 rings (SSSR count). The standard InChI is InChI=1S/C26H28F6N2O2/c1-17(18-11-20(25(27,28)29)13-21(12-18)26(30,31)32)36-16-24(19-7-3-2-4-8-19)14-22(15-33-24)34-10-6-5-9-23(34)35/h2-4,7-8,11-13,17,22,33H,5-6,9-10,14-16H2,1H3/t17-,22+,24-/m1/s1. The second-order valence-corrected chi connectivity index (χ2v) is 9.52. The van der Waals surface area contributed by atoms with Gasteiger partial charge in [0.2, 0.25) is 5.91 Å². The molecule has 10 heteroatoms. The van der Waals surface area contributed by atoms with Crippen molar-refractivity contribution in [3.63, 3.8) is 0 Å². The first-order valence-corrected chi connectivity index (χ1v) is 11.9. The number of piperidine rings is 1. The van der Waals surface area contributed by atoms with Gasteiger partial charge in [0.25, 0.3) is 0 Å². The van der Waals surface area contributed by atoms with E-state index in [2.05, 4.69) is 5.32 Å². The van der Waals surface area contributed by atoms with Crippen LogP contribution >= 0.6 is 0 Å². The number of carbonyl (C=O) groups excluding carboxylic acids is 1. The van der Waals surface area contributed by atoms with Crippen molar-refractivity contribution >= 4 is 5.91 Å². The number of carbonyl (C=O) groups is 1. The van der Waals surface area contributed by atoms with Crippen LogP contribution in [0.4, 0.5) is 26.3 Å². The smallest absolute Gasteiger partial charge is 0.372 e. The summed E-state index contributed by atoms with van der Waals surface area (Å²) in [7, 11) is 0. The Morgan fingerprint density at radius 3 is 2.25 bits per heavy atom. The van der Waals surface area contributed by atoms with Crippen molar-refractivity contribution in [3.05, 3.63) is 70.8 Å². The average Bonchev–Trinajstić information content (AvgIpc) is 3.27. The molecule has 0 radical (unpaired) electrons. The fraction of sp³-hybridized carbons (Fsp3) is 0.500. The van der Waals surface area contributed by atoms with Crippen LogP contribution in [0.25, 0.3) is 0 Å². The molecule has 36 heavy (non-hydrogen) atoms. The predicted molar refractivity (Wildman–Crippen MR) is 121 cm³/mol. The van der Waals surface area contributed by atoms with Gasteiger partial charge in [-0.2, -0.15) is 26.3 Å². The maximum atomic E-state index is 13.3. The van der Waals surface area contributed by atoms with Crippen LogP contribution in [0.3, 0.4) is 0 Å². The number of hydrogen-bond acceptors (Lipinski definition) is 3. The van der Waals surface area contributed by atoms with Crippen LogP contribution in [-0.4, -0.2) is 36.5 Å². The van der Waals surface area contributed by atoms with Crippen molar-refractivity contribution in [2.45, 2.75) is 62.6 Å². The molecule has 1 N–H and O–H groups in total. The normalized spacial score (nSPS) is 24.2. The fourth-order valence-corrected chi connectivity index (χ4v) is 5.04. The zero-order chi connectivity index (χ0) is 26.1. The number of alkyl halides is 6. The van der Waals surface area contributed by atoms with Gasteiger partial charge in [-0.15, -0.1) is 0 Å². The second-order valence-electron chi connectivity index (χ2n) is 9.52. The number of amides is 1. The summed E-state index contributed by atoms with van der Waals surface area (Å²) in [5.41, 5.74) is -2.82. The van der Waals surface area contributed by atoms with E-state index in [1.54, 1.807) is 0 Å². The number of hydrogen-bond donors (Lipinski definition) is 1. The Hall–Kier alpha value is -2.59. The van der Waals surface area contributed by atoms with E-state index >= 15 is 0 Å². The molecule has 0 aromatic heterocycles. The minimum atomic E-state index is -4.93. The Morgan fingerprint density at radius 1 is 1.03 bits per heavy atom. The molecule has 0 spiro atoms. The van der Waals surface area contributed by atoms with Crippen molar-refractivity contribution in [3.8, 4) is 0 Å². The van der Waals surface area contributed by atoms with Gasteiger partial charge in [-0.05, 0) is 55.5 Å². The van der Waals surface area contributed by atoms with Crippen molar-refractivity contribution in [2.75, 3.05) is 19.7 Å². The molecule has 0 aliphatic carbocycles. The minimum absolute atomic E-state index is 0.00824. The summed E-state index contributed by atoms with van der Waals surface area (Å²) in [6.07, 6.45) is -8.09. The molecule has 2 aromatic rings. The second kappa shape index (κ2) is 10.0. The molecule has 2 aliphatic heterocycles. The Labute approximate surface area is 205 Å².